The van der Waals surface area contributed by atoms with E-state index in [4.69, 9.17) is 11.2 Å². The van der Waals surface area contributed by atoms with Crippen molar-refractivity contribution < 1.29 is 19.4 Å². The van der Waals surface area contributed by atoms with Gasteiger partial charge in [0.1, 0.15) is 11.5 Å². The lowest BCUT2D eigenvalue weighted by Crippen LogP contribution is -2.51. The van der Waals surface area contributed by atoms with E-state index >= 15 is 0 Å². The summed E-state index contributed by atoms with van der Waals surface area (Å²) in [4.78, 5) is 34.7. The highest BCUT2D eigenvalue weighted by molar-refractivity contribution is 6.00. The van der Waals surface area contributed by atoms with Crippen LogP contribution in [0.3, 0.4) is 0 Å². The number of nitrogens with one attached hydrogen (secondary N) is 1. The fraction of sp³-hybridized carbons (Fsp3) is 0.419. The van der Waals surface area contributed by atoms with Crippen molar-refractivity contribution in [1.29, 1.82) is 0 Å². The molecule has 7 heteroatoms. The Kier molecular flexibility index (Phi) is 6.93. The van der Waals surface area contributed by atoms with Crippen molar-refractivity contribution in [2.45, 2.75) is 39.0 Å². The van der Waals surface area contributed by atoms with E-state index in [1.54, 1.807) is 12.1 Å². The Balaban J connectivity index is 1.64. The summed E-state index contributed by atoms with van der Waals surface area (Å²) in [6.45, 7) is 5.82. The number of aromatic amines is 1. The minimum Gasteiger partial charge on any atom is -0.508 e. The zero-order valence-corrected chi connectivity index (χ0v) is 22.3. The third kappa shape index (κ3) is 4.43. The van der Waals surface area contributed by atoms with Crippen LogP contribution in [-0.4, -0.2) is 65.0 Å². The Hall–Kier alpha value is -3.76. The van der Waals surface area contributed by atoms with Gasteiger partial charge in [0.25, 0.3) is 0 Å². The average Bonchev–Trinajstić information content (AvgIpc) is 3.20. The van der Waals surface area contributed by atoms with Gasteiger partial charge in [-0.25, -0.2) is 0 Å². The normalized spacial score (nSPS) is 23.2. The predicted octanol–water partition coefficient (Wildman–Crippen LogP) is 4.30. The molecule has 0 radical (unpaired) electrons. The van der Waals surface area contributed by atoms with Crippen molar-refractivity contribution in [1.82, 2.24) is 14.8 Å². The van der Waals surface area contributed by atoms with E-state index in [0.717, 1.165) is 33.5 Å². The zero-order chi connectivity index (χ0) is 27.0. The van der Waals surface area contributed by atoms with Gasteiger partial charge < -0.3 is 14.8 Å². The summed E-state index contributed by atoms with van der Waals surface area (Å²) in [5.74, 6) is 3.00. The molecule has 38 heavy (non-hydrogen) atoms. The number of hydrogen-bond donors (Lipinski definition) is 2. The van der Waals surface area contributed by atoms with Crippen LogP contribution in [0, 0.1) is 23.7 Å². The Labute approximate surface area is 223 Å². The van der Waals surface area contributed by atoms with Crippen LogP contribution in [-0.2, 0) is 16.0 Å². The molecule has 1 aliphatic heterocycles. The Morgan fingerprint density at radius 1 is 1.26 bits per heavy atom. The number of fused-ring (bicyclic) bond motifs is 4. The highest BCUT2D eigenvalue weighted by Gasteiger charge is 2.54. The number of carbonyl (C=O) groups excluding carboxylic acids is 2. The van der Waals surface area contributed by atoms with Crippen molar-refractivity contribution in [2.24, 2.45) is 11.3 Å². The number of phenolic OH excluding ortho intramolecular Hbond substituents is 1. The molecule has 2 aromatic carbocycles. The van der Waals surface area contributed by atoms with Crippen molar-refractivity contribution in [3.8, 4) is 23.8 Å². The molecule has 5 rings (SSSR count). The van der Waals surface area contributed by atoms with Gasteiger partial charge in [0, 0.05) is 42.0 Å². The summed E-state index contributed by atoms with van der Waals surface area (Å²) >= 11 is 0. The van der Waals surface area contributed by atoms with Crippen LogP contribution in [0.5, 0.6) is 11.5 Å². The number of terminal acetylenes is 1. The summed E-state index contributed by atoms with van der Waals surface area (Å²) in [5.41, 5.74) is 3.22. The molecular weight excluding hydrogens is 478 g/mol. The fourth-order valence-electron chi connectivity index (χ4n) is 6.43. The van der Waals surface area contributed by atoms with Gasteiger partial charge in [-0.1, -0.05) is 25.0 Å². The van der Waals surface area contributed by atoms with Crippen LogP contribution in [0.25, 0.3) is 10.9 Å². The molecule has 0 saturated carbocycles. The highest BCUT2D eigenvalue weighted by atomic mass is 16.5. The second kappa shape index (κ2) is 10.2. The number of phenols is 1. The van der Waals surface area contributed by atoms with Crippen LogP contribution < -0.4 is 4.74 Å². The molecule has 3 atom stereocenters. The van der Waals surface area contributed by atoms with Crippen molar-refractivity contribution in [2.75, 3.05) is 33.3 Å². The molecule has 2 N–H and O–H groups in total. The molecule has 2 heterocycles. The number of likely N-dealkylation sites (tertiary alicyclic amines) is 1. The second-order valence-electron chi connectivity index (χ2n) is 10.8. The molecule has 1 fully saturated rings. The van der Waals surface area contributed by atoms with Crippen LogP contribution in [0.4, 0.5) is 0 Å². The van der Waals surface area contributed by atoms with Gasteiger partial charge in [-0.05, 0) is 74.2 Å². The van der Waals surface area contributed by atoms with Gasteiger partial charge in [-0.15, -0.1) is 6.42 Å². The van der Waals surface area contributed by atoms with Crippen LogP contribution in [0.1, 0.15) is 49.4 Å². The monoisotopic (exact) mass is 513 g/mol. The van der Waals surface area contributed by atoms with Crippen LogP contribution >= 0.6 is 0 Å². The van der Waals surface area contributed by atoms with Crippen LogP contribution in [0.15, 0.2) is 42.5 Å². The Morgan fingerprint density at radius 3 is 2.82 bits per heavy atom. The van der Waals surface area contributed by atoms with E-state index in [1.165, 1.54) is 4.90 Å². The average molecular weight is 514 g/mol. The molecular formula is C31H35N3O4. The van der Waals surface area contributed by atoms with E-state index in [0.29, 0.717) is 45.5 Å². The number of carbonyl (C=O) groups is 2. The maximum atomic E-state index is 14.3. The van der Waals surface area contributed by atoms with Gasteiger partial charge in [0.2, 0.25) is 11.8 Å². The Morgan fingerprint density at radius 2 is 2.08 bits per heavy atom. The molecule has 0 spiro atoms. The third-order valence-electron chi connectivity index (χ3n) is 8.30. The van der Waals surface area contributed by atoms with Crippen LogP contribution in [0.2, 0.25) is 0 Å². The third-order valence-corrected chi connectivity index (χ3v) is 8.30. The van der Waals surface area contributed by atoms with Gasteiger partial charge in [-0.3, -0.25) is 19.4 Å². The fourth-order valence-corrected chi connectivity index (χ4v) is 6.43. The summed E-state index contributed by atoms with van der Waals surface area (Å²) in [7, 11) is 1.89. The molecule has 2 aliphatic rings. The maximum Gasteiger partial charge on any atom is 0.235 e. The minimum absolute atomic E-state index is 0.124. The molecule has 1 aliphatic carbocycles. The number of hydrogen-bond acceptors (Lipinski definition) is 5. The van der Waals surface area contributed by atoms with Gasteiger partial charge >= 0.3 is 0 Å². The van der Waals surface area contributed by atoms with Gasteiger partial charge in [0.05, 0.1) is 18.6 Å². The lowest BCUT2D eigenvalue weighted by Gasteiger charge is -2.45. The molecule has 7 nitrogen and oxygen atoms in total. The maximum absolute atomic E-state index is 14.3. The second-order valence-corrected chi connectivity index (χ2v) is 10.8. The van der Waals surface area contributed by atoms with E-state index in [-0.39, 0.29) is 29.4 Å². The molecule has 198 valence electrons. The first-order valence-electron chi connectivity index (χ1n) is 13.3. The van der Waals surface area contributed by atoms with Gasteiger partial charge in [0.15, 0.2) is 0 Å². The van der Waals surface area contributed by atoms with E-state index in [1.807, 2.05) is 56.1 Å². The van der Waals surface area contributed by atoms with E-state index in [2.05, 4.69) is 10.9 Å². The predicted molar refractivity (Wildman–Crippen MR) is 147 cm³/mol. The number of nitrogens with zero attached hydrogens (tertiary/aromatic N) is 2. The summed E-state index contributed by atoms with van der Waals surface area (Å²) in [6.07, 6.45) is 6.84. The number of likely N-dealkylation sites (N-methyl/N-ethyl adjacent to an activating group) is 1. The first kappa shape index (κ1) is 25.9. The van der Waals surface area contributed by atoms with Gasteiger partial charge in [-0.2, -0.15) is 0 Å². The number of benzene rings is 2. The zero-order valence-electron chi connectivity index (χ0n) is 22.3. The number of aromatic hydroxyl groups is 1. The summed E-state index contributed by atoms with van der Waals surface area (Å²) in [5, 5.41) is 11.4. The number of imide groups is 1. The summed E-state index contributed by atoms with van der Waals surface area (Å²) < 4.78 is 5.79. The molecule has 2 unspecified atom stereocenters. The van der Waals surface area contributed by atoms with Crippen molar-refractivity contribution in [3.63, 3.8) is 0 Å². The molecule has 1 saturated heterocycles. The largest absolute Gasteiger partial charge is 0.508 e. The quantitative estimate of drug-likeness (QED) is 0.364. The first-order valence-corrected chi connectivity index (χ1v) is 13.3. The van der Waals surface area contributed by atoms with E-state index < -0.39 is 5.41 Å². The molecule has 3 aromatic rings. The number of rotatable bonds is 7. The smallest absolute Gasteiger partial charge is 0.235 e. The number of aromatic nitrogens is 1. The van der Waals surface area contributed by atoms with Crippen molar-refractivity contribution in [3.05, 3.63) is 59.3 Å². The lowest BCUT2D eigenvalue weighted by atomic mass is 9.59. The first-order chi connectivity index (χ1) is 18.3. The molecule has 0 bridgehead atoms. The number of H-pyrrole nitrogens is 1. The Bertz CT molecular complexity index is 1420. The standard InChI is InChI=1S/C31H35N3O4/c1-5-14-33(4)15-16-34-27(36)13-11-25-28(20-8-7-9-21(35)17-20)29-24(19-31(25,3)30(34)37)23-18-22(38-6-2)10-12-26(23)32-29/h1,7-10,12,17-18,25,28,32,35H,6,11,13-16,19H2,2-4H3/t25?,28?,31-/m1/s1. The lowest BCUT2D eigenvalue weighted by molar-refractivity contribution is -0.151. The number of ether oxygens (including phenoxy) is 1. The summed E-state index contributed by atoms with van der Waals surface area (Å²) in [6, 6.07) is 13.3. The topological polar surface area (TPSA) is 85.9 Å². The van der Waals surface area contributed by atoms with Crippen molar-refractivity contribution >= 4 is 22.7 Å². The highest BCUT2D eigenvalue weighted by Crippen LogP contribution is 2.55. The minimum atomic E-state index is -0.809. The number of amides is 2. The SMILES string of the molecule is C#CCN(C)CCN1C(=O)CCC2C(c3cccc(O)c3)c3[nH]c4ccc(OCC)cc4c3C[C@@]2(C)C1=O. The molecule has 2 amide bonds. The van der Waals surface area contributed by atoms with E-state index in [9.17, 15) is 14.7 Å². The molecule has 1 aromatic heterocycles.